The Hall–Kier alpha value is -2.60. The predicted molar refractivity (Wildman–Crippen MR) is 97.3 cm³/mol. The third-order valence-corrected chi connectivity index (χ3v) is 4.08. The van der Waals surface area contributed by atoms with Gasteiger partial charge in [-0.2, -0.15) is 0 Å². The molecule has 0 bridgehead atoms. The van der Waals surface area contributed by atoms with E-state index in [1.165, 1.54) is 36.0 Å². The van der Waals surface area contributed by atoms with Crippen LogP contribution in [0.25, 0.3) is 0 Å². The van der Waals surface area contributed by atoms with Crippen LogP contribution in [-0.2, 0) is 9.53 Å². The van der Waals surface area contributed by atoms with Gasteiger partial charge in [-0.05, 0) is 43.3 Å². The Morgan fingerprint density at radius 3 is 2.56 bits per heavy atom. The van der Waals surface area contributed by atoms with Crippen molar-refractivity contribution < 1.29 is 18.7 Å². The zero-order valence-corrected chi connectivity index (χ0v) is 14.5. The number of rotatable bonds is 7. The summed E-state index contributed by atoms with van der Waals surface area (Å²) in [6.45, 7) is 2.11. The van der Waals surface area contributed by atoms with Crippen LogP contribution in [0.4, 0.5) is 10.1 Å². The van der Waals surface area contributed by atoms with E-state index in [-0.39, 0.29) is 11.5 Å². The maximum absolute atomic E-state index is 13.6. The van der Waals surface area contributed by atoms with Gasteiger partial charge in [-0.25, -0.2) is 9.18 Å². The maximum Gasteiger partial charge on any atom is 0.330 e. The summed E-state index contributed by atoms with van der Waals surface area (Å²) in [6, 6.07) is 13.0. The molecule has 0 spiro atoms. The van der Waals surface area contributed by atoms with E-state index in [0.29, 0.717) is 18.0 Å². The molecule has 2 rings (SSSR count). The number of halogens is 1. The van der Waals surface area contributed by atoms with Crippen LogP contribution in [0, 0.1) is 5.82 Å². The Balaban J connectivity index is 1.86. The normalized spacial score (nSPS) is 10.6. The lowest BCUT2D eigenvalue weighted by Crippen LogP contribution is -2.13. The number of carbonyl (C=O) groups excluding carboxylic acids is 2. The number of amides is 1. The summed E-state index contributed by atoms with van der Waals surface area (Å²) in [5.74, 6) is -0.773. The Kier molecular flexibility index (Phi) is 7.22. The number of benzene rings is 2. The summed E-state index contributed by atoms with van der Waals surface area (Å²) in [6.07, 6.45) is 3.13. The molecule has 1 N–H and O–H groups in total. The molecule has 1 amide bonds. The molecule has 0 fully saturated rings. The SMILES string of the molecule is CCOC(=O)/C=C/CSc1ccc(NC(=O)c2ccccc2F)cc1. The Labute approximate surface area is 150 Å². The first kappa shape index (κ1) is 18.7. The van der Waals surface area contributed by atoms with Crippen LogP contribution in [0.2, 0.25) is 0 Å². The van der Waals surface area contributed by atoms with Crippen LogP contribution in [0.3, 0.4) is 0 Å². The van der Waals surface area contributed by atoms with Gasteiger partial charge in [-0.15, -0.1) is 11.8 Å². The first-order valence-corrected chi connectivity index (χ1v) is 8.70. The van der Waals surface area contributed by atoms with E-state index < -0.39 is 11.7 Å². The summed E-state index contributed by atoms with van der Waals surface area (Å²) < 4.78 is 18.4. The van der Waals surface area contributed by atoms with Gasteiger partial charge in [0.05, 0.1) is 12.2 Å². The molecule has 0 aromatic heterocycles. The second-order valence-electron chi connectivity index (χ2n) is 4.92. The molecule has 6 heteroatoms. The van der Waals surface area contributed by atoms with Crippen LogP contribution in [0.5, 0.6) is 0 Å². The molecule has 25 heavy (non-hydrogen) atoms. The highest BCUT2D eigenvalue weighted by molar-refractivity contribution is 7.99. The largest absolute Gasteiger partial charge is 0.463 e. The first-order chi connectivity index (χ1) is 12.1. The maximum atomic E-state index is 13.6. The van der Waals surface area contributed by atoms with Crippen molar-refractivity contribution in [2.45, 2.75) is 11.8 Å². The molecule has 0 atom stereocenters. The molecule has 0 aliphatic heterocycles. The van der Waals surface area contributed by atoms with E-state index in [1.54, 1.807) is 31.2 Å². The zero-order valence-electron chi connectivity index (χ0n) is 13.7. The predicted octanol–water partition coefficient (Wildman–Crippen LogP) is 4.29. The van der Waals surface area contributed by atoms with E-state index >= 15 is 0 Å². The highest BCUT2D eigenvalue weighted by Crippen LogP contribution is 2.21. The summed E-state index contributed by atoms with van der Waals surface area (Å²) in [4.78, 5) is 24.2. The minimum Gasteiger partial charge on any atom is -0.463 e. The molecule has 0 aliphatic carbocycles. The molecule has 0 heterocycles. The van der Waals surface area contributed by atoms with Crippen LogP contribution in [0.1, 0.15) is 17.3 Å². The summed E-state index contributed by atoms with van der Waals surface area (Å²) in [5.41, 5.74) is 0.588. The average Bonchev–Trinajstić information content (AvgIpc) is 2.60. The molecule has 0 unspecified atom stereocenters. The Bertz CT molecular complexity index is 760. The number of hydrogen-bond donors (Lipinski definition) is 1. The lowest BCUT2D eigenvalue weighted by molar-refractivity contribution is -0.137. The molecule has 130 valence electrons. The van der Waals surface area contributed by atoms with E-state index in [4.69, 9.17) is 4.74 Å². The number of nitrogens with one attached hydrogen (secondary N) is 1. The number of esters is 1. The minimum atomic E-state index is -0.555. The van der Waals surface area contributed by atoms with Gasteiger partial charge < -0.3 is 10.1 Å². The van der Waals surface area contributed by atoms with Crippen molar-refractivity contribution in [2.24, 2.45) is 0 Å². The average molecular weight is 359 g/mol. The zero-order chi connectivity index (χ0) is 18.1. The van der Waals surface area contributed by atoms with Crippen LogP contribution >= 0.6 is 11.8 Å². The second kappa shape index (κ2) is 9.64. The van der Waals surface area contributed by atoms with Gasteiger partial charge in [0.1, 0.15) is 5.82 Å². The summed E-state index contributed by atoms with van der Waals surface area (Å²) in [5, 5.41) is 2.66. The van der Waals surface area contributed by atoms with Crippen molar-refractivity contribution in [1.29, 1.82) is 0 Å². The number of anilines is 1. The second-order valence-corrected chi connectivity index (χ2v) is 6.02. The van der Waals surface area contributed by atoms with Crippen molar-refractivity contribution >= 4 is 29.3 Å². The third kappa shape index (κ3) is 6.08. The number of hydrogen-bond acceptors (Lipinski definition) is 4. The monoisotopic (exact) mass is 359 g/mol. The van der Waals surface area contributed by atoms with Gasteiger partial charge in [0, 0.05) is 22.4 Å². The number of ether oxygens (including phenoxy) is 1. The number of carbonyl (C=O) groups is 2. The lowest BCUT2D eigenvalue weighted by atomic mass is 10.2. The molecular weight excluding hydrogens is 341 g/mol. The van der Waals surface area contributed by atoms with Gasteiger partial charge in [-0.1, -0.05) is 18.2 Å². The van der Waals surface area contributed by atoms with Gasteiger partial charge in [0.25, 0.3) is 5.91 Å². The topological polar surface area (TPSA) is 55.4 Å². The van der Waals surface area contributed by atoms with E-state index in [1.807, 2.05) is 12.1 Å². The minimum absolute atomic E-state index is 0.00468. The molecule has 4 nitrogen and oxygen atoms in total. The van der Waals surface area contributed by atoms with Crippen LogP contribution in [-0.4, -0.2) is 24.2 Å². The molecule has 0 saturated carbocycles. The fraction of sp³-hybridized carbons (Fsp3) is 0.158. The smallest absolute Gasteiger partial charge is 0.330 e. The highest BCUT2D eigenvalue weighted by Gasteiger charge is 2.10. The molecule has 0 radical (unpaired) electrons. The third-order valence-electron chi connectivity index (χ3n) is 3.12. The van der Waals surface area contributed by atoms with Crippen molar-refractivity contribution in [2.75, 3.05) is 17.7 Å². The van der Waals surface area contributed by atoms with Crippen LogP contribution < -0.4 is 5.32 Å². The Morgan fingerprint density at radius 1 is 1.16 bits per heavy atom. The van der Waals surface area contributed by atoms with Crippen molar-refractivity contribution in [1.82, 2.24) is 0 Å². The quantitative estimate of drug-likeness (QED) is 0.455. The molecule has 2 aromatic rings. The molecule has 2 aromatic carbocycles. The van der Waals surface area contributed by atoms with E-state index in [0.717, 1.165) is 4.90 Å². The van der Waals surface area contributed by atoms with Crippen molar-refractivity contribution in [3.8, 4) is 0 Å². The Morgan fingerprint density at radius 2 is 1.88 bits per heavy atom. The van der Waals surface area contributed by atoms with E-state index in [2.05, 4.69) is 5.32 Å². The fourth-order valence-corrected chi connectivity index (χ4v) is 2.67. The molecule has 0 aliphatic rings. The van der Waals surface area contributed by atoms with Crippen molar-refractivity contribution in [3.05, 3.63) is 72.1 Å². The fourth-order valence-electron chi connectivity index (χ4n) is 1.96. The molecule has 0 saturated heterocycles. The van der Waals surface area contributed by atoms with Gasteiger partial charge in [-0.3, -0.25) is 4.79 Å². The number of thioether (sulfide) groups is 1. The molecular formula is C19H18FNO3S. The highest BCUT2D eigenvalue weighted by atomic mass is 32.2. The summed E-state index contributed by atoms with van der Waals surface area (Å²) in [7, 11) is 0. The van der Waals surface area contributed by atoms with Gasteiger partial charge in [0.15, 0.2) is 0 Å². The van der Waals surface area contributed by atoms with Gasteiger partial charge >= 0.3 is 5.97 Å². The van der Waals surface area contributed by atoms with Crippen LogP contribution in [0.15, 0.2) is 65.6 Å². The van der Waals surface area contributed by atoms with E-state index in [9.17, 15) is 14.0 Å². The summed E-state index contributed by atoms with van der Waals surface area (Å²) >= 11 is 1.54. The van der Waals surface area contributed by atoms with Crippen molar-refractivity contribution in [3.63, 3.8) is 0 Å². The lowest BCUT2D eigenvalue weighted by Gasteiger charge is -2.07. The first-order valence-electron chi connectivity index (χ1n) is 7.72. The standard InChI is InChI=1S/C19H18FNO3S/c1-2-24-18(22)8-5-13-25-15-11-9-14(10-12-15)21-19(23)16-6-3-4-7-17(16)20/h3-12H,2,13H2,1H3,(H,21,23)/b8-5+. The van der Waals surface area contributed by atoms with Gasteiger partial charge in [0.2, 0.25) is 0 Å².